The summed E-state index contributed by atoms with van der Waals surface area (Å²) < 4.78 is 0. The lowest BCUT2D eigenvalue weighted by atomic mass is 10.0. The highest BCUT2D eigenvalue weighted by Gasteiger charge is 2.21. The van der Waals surface area contributed by atoms with Crippen LogP contribution < -0.4 is 5.32 Å². The van der Waals surface area contributed by atoms with Gasteiger partial charge in [-0.2, -0.15) is 0 Å². The second kappa shape index (κ2) is 6.58. The molecular formula is C11H20N2O2. The van der Waals surface area contributed by atoms with Crippen molar-refractivity contribution in [2.45, 2.75) is 25.3 Å². The monoisotopic (exact) mass is 212 g/mol. The summed E-state index contributed by atoms with van der Waals surface area (Å²) in [5.74, 6) is -0.121. The molecule has 0 spiro atoms. The van der Waals surface area contributed by atoms with Crippen LogP contribution in [0.25, 0.3) is 0 Å². The van der Waals surface area contributed by atoms with Crippen LogP contribution in [0.5, 0.6) is 0 Å². The van der Waals surface area contributed by atoms with Crippen molar-refractivity contribution in [3.63, 3.8) is 0 Å². The molecule has 4 heteroatoms. The lowest BCUT2D eigenvalue weighted by Crippen LogP contribution is -2.47. The van der Waals surface area contributed by atoms with Gasteiger partial charge in [-0.3, -0.25) is 9.69 Å². The van der Waals surface area contributed by atoms with Crippen molar-refractivity contribution in [2.24, 2.45) is 0 Å². The van der Waals surface area contributed by atoms with Gasteiger partial charge in [0.1, 0.15) is 0 Å². The van der Waals surface area contributed by atoms with Gasteiger partial charge < -0.3 is 10.4 Å². The molecule has 1 saturated heterocycles. The molecule has 1 rings (SSSR count). The van der Waals surface area contributed by atoms with Crippen molar-refractivity contribution in [2.75, 3.05) is 26.2 Å². The van der Waals surface area contributed by atoms with Crippen LogP contribution in [-0.2, 0) is 4.79 Å². The van der Waals surface area contributed by atoms with Gasteiger partial charge in [-0.15, -0.1) is 0 Å². The van der Waals surface area contributed by atoms with E-state index in [1.54, 1.807) is 0 Å². The number of hydrogen-bond acceptors (Lipinski definition) is 3. The lowest BCUT2D eigenvalue weighted by Gasteiger charge is -2.35. The first-order valence-electron chi connectivity index (χ1n) is 5.53. The summed E-state index contributed by atoms with van der Waals surface area (Å²) in [5, 5.41) is 11.7. The van der Waals surface area contributed by atoms with Gasteiger partial charge in [0.15, 0.2) is 0 Å². The number of carbonyl (C=O) groups excluding carboxylic acids is 1. The van der Waals surface area contributed by atoms with E-state index in [-0.39, 0.29) is 12.5 Å². The van der Waals surface area contributed by atoms with Crippen molar-refractivity contribution in [1.82, 2.24) is 10.2 Å². The van der Waals surface area contributed by atoms with Crippen molar-refractivity contribution in [3.8, 4) is 0 Å². The second-order valence-corrected chi connectivity index (χ2v) is 3.86. The molecule has 0 radical (unpaired) electrons. The van der Waals surface area contributed by atoms with Crippen LogP contribution in [0.2, 0.25) is 0 Å². The molecule has 0 aromatic carbocycles. The zero-order valence-electron chi connectivity index (χ0n) is 9.11. The van der Waals surface area contributed by atoms with Crippen LogP contribution >= 0.6 is 0 Å². The van der Waals surface area contributed by atoms with E-state index in [2.05, 4.69) is 16.8 Å². The Hall–Kier alpha value is -0.870. The van der Waals surface area contributed by atoms with E-state index in [1.807, 2.05) is 0 Å². The van der Waals surface area contributed by atoms with Crippen molar-refractivity contribution < 1.29 is 9.90 Å². The Bertz CT molecular complexity index is 217. The summed E-state index contributed by atoms with van der Waals surface area (Å²) in [4.78, 5) is 13.3. The van der Waals surface area contributed by atoms with Gasteiger partial charge in [-0.1, -0.05) is 13.0 Å². The molecule has 1 unspecified atom stereocenters. The van der Waals surface area contributed by atoms with E-state index in [0.29, 0.717) is 19.1 Å². The summed E-state index contributed by atoms with van der Waals surface area (Å²) in [5.41, 5.74) is 0. The van der Waals surface area contributed by atoms with E-state index >= 15 is 0 Å². The Balaban J connectivity index is 2.35. The molecule has 4 nitrogen and oxygen atoms in total. The molecule has 1 heterocycles. The van der Waals surface area contributed by atoms with E-state index in [4.69, 9.17) is 5.11 Å². The van der Waals surface area contributed by atoms with E-state index in [1.165, 1.54) is 18.9 Å². The molecule has 86 valence electrons. The van der Waals surface area contributed by atoms with E-state index < -0.39 is 0 Å². The molecular weight excluding hydrogens is 192 g/mol. The maximum Gasteiger partial charge on any atom is 0.243 e. The number of aliphatic hydroxyl groups is 1. The molecule has 0 aromatic heterocycles. The van der Waals surface area contributed by atoms with Crippen molar-refractivity contribution >= 4 is 5.91 Å². The highest BCUT2D eigenvalue weighted by molar-refractivity contribution is 5.86. The fraction of sp³-hybridized carbons (Fsp3) is 0.727. The summed E-state index contributed by atoms with van der Waals surface area (Å²) in [6, 6.07) is 0.370. The fourth-order valence-corrected chi connectivity index (χ4v) is 2.00. The molecule has 15 heavy (non-hydrogen) atoms. The van der Waals surface area contributed by atoms with Crippen LogP contribution in [0, 0.1) is 0 Å². The zero-order valence-corrected chi connectivity index (χ0v) is 9.11. The van der Waals surface area contributed by atoms with Crippen LogP contribution in [-0.4, -0.2) is 48.2 Å². The highest BCUT2D eigenvalue weighted by Crippen LogP contribution is 2.15. The third-order valence-electron chi connectivity index (χ3n) is 2.83. The fourth-order valence-electron chi connectivity index (χ4n) is 2.00. The van der Waals surface area contributed by atoms with Crippen molar-refractivity contribution in [3.05, 3.63) is 12.7 Å². The van der Waals surface area contributed by atoms with Gasteiger partial charge in [0.25, 0.3) is 0 Å². The summed E-state index contributed by atoms with van der Waals surface area (Å²) in [7, 11) is 0. The topological polar surface area (TPSA) is 52.6 Å². The van der Waals surface area contributed by atoms with Gasteiger partial charge in [0.05, 0.1) is 6.61 Å². The van der Waals surface area contributed by atoms with Gasteiger partial charge >= 0.3 is 0 Å². The second-order valence-electron chi connectivity index (χ2n) is 3.86. The molecule has 1 aliphatic heterocycles. The number of β-amino-alcohol motifs (C(OH)–C–C–N with tert-alkyl or cyclic N) is 1. The zero-order chi connectivity index (χ0) is 11.1. The number of aliphatic hydroxyl groups excluding tert-OH is 1. The van der Waals surface area contributed by atoms with Gasteiger partial charge in [0, 0.05) is 19.1 Å². The summed E-state index contributed by atoms with van der Waals surface area (Å²) >= 11 is 0. The Kier molecular flexibility index (Phi) is 5.36. The summed E-state index contributed by atoms with van der Waals surface area (Å²) in [6.07, 6.45) is 4.78. The number of rotatable bonds is 5. The molecule has 0 aliphatic carbocycles. The number of likely N-dealkylation sites (tertiary alicyclic amines) is 1. The number of piperidine rings is 1. The molecule has 0 saturated carbocycles. The van der Waals surface area contributed by atoms with E-state index in [0.717, 1.165) is 13.0 Å². The third-order valence-corrected chi connectivity index (χ3v) is 2.83. The van der Waals surface area contributed by atoms with Crippen LogP contribution in [0.4, 0.5) is 0 Å². The maximum absolute atomic E-state index is 11.0. The van der Waals surface area contributed by atoms with Gasteiger partial charge in [-0.05, 0) is 25.5 Å². The smallest absolute Gasteiger partial charge is 0.243 e. The minimum atomic E-state index is -0.121. The van der Waals surface area contributed by atoms with Crippen LogP contribution in [0.15, 0.2) is 12.7 Å². The molecule has 0 bridgehead atoms. The Morgan fingerprint density at radius 3 is 3.07 bits per heavy atom. The molecule has 1 amide bonds. The Morgan fingerprint density at radius 2 is 2.40 bits per heavy atom. The Labute approximate surface area is 91.0 Å². The van der Waals surface area contributed by atoms with E-state index in [9.17, 15) is 4.79 Å². The SMILES string of the molecule is C=CC(=O)NCC1CCCCN1CCO. The standard InChI is InChI=1S/C11H20N2O2/c1-2-11(15)12-9-10-5-3-4-6-13(10)7-8-14/h2,10,14H,1,3-9H2,(H,12,15). The third kappa shape index (κ3) is 4.01. The summed E-state index contributed by atoms with van der Waals surface area (Å²) in [6.45, 7) is 5.98. The number of hydrogen-bond donors (Lipinski definition) is 2. The van der Waals surface area contributed by atoms with Gasteiger partial charge in [0.2, 0.25) is 5.91 Å². The Morgan fingerprint density at radius 1 is 1.60 bits per heavy atom. The lowest BCUT2D eigenvalue weighted by molar-refractivity contribution is -0.116. The minimum Gasteiger partial charge on any atom is -0.395 e. The quantitative estimate of drug-likeness (QED) is 0.637. The molecule has 1 fully saturated rings. The average molecular weight is 212 g/mol. The number of amides is 1. The normalized spacial score (nSPS) is 22.3. The van der Waals surface area contributed by atoms with Crippen molar-refractivity contribution in [1.29, 1.82) is 0 Å². The van der Waals surface area contributed by atoms with Gasteiger partial charge in [-0.25, -0.2) is 0 Å². The first-order chi connectivity index (χ1) is 7.27. The molecule has 2 N–H and O–H groups in total. The first-order valence-corrected chi connectivity index (χ1v) is 5.53. The first kappa shape index (κ1) is 12.2. The molecule has 0 aromatic rings. The average Bonchev–Trinajstić information content (AvgIpc) is 2.28. The highest BCUT2D eigenvalue weighted by atomic mass is 16.3. The minimum absolute atomic E-state index is 0.121. The number of carbonyl (C=O) groups is 1. The molecule has 1 aliphatic rings. The maximum atomic E-state index is 11.0. The largest absolute Gasteiger partial charge is 0.395 e. The predicted molar refractivity (Wildman–Crippen MR) is 59.5 cm³/mol. The number of nitrogens with one attached hydrogen (secondary N) is 1. The number of nitrogens with zero attached hydrogens (tertiary/aromatic N) is 1. The van der Waals surface area contributed by atoms with Crippen LogP contribution in [0.3, 0.4) is 0 Å². The van der Waals surface area contributed by atoms with Crippen LogP contribution in [0.1, 0.15) is 19.3 Å². The predicted octanol–water partition coefficient (Wildman–Crippen LogP) is 0.135. The molecule has 1 atom stereocenters.